The van der Waals surface area contributed by atoms with Gasteiger partial charge in [0.1, 0.15) is 11.0 Å². The molecule has 0 aromatic carbocycles. The van der Waals surface area contributed by atoms with Gasteiger partial charge in [0.2, 0.25) is 0 Å². The minimum absolute atomic E-state index is 0.0659. The molecule has 0 radical (unpaired) electrons. The maximum Gasteiger partial charge on any atom is 0.341 e. The molecule has 0 unspecified atom stereocenters. The van der Waals surface area contributed by atoms with Crippen LogP contribution in [0.4, 0.5) is 5.00 Å². The molecule has 1 aliphatic rings. The lowest BCUT2D eigenvalue weighted by atomic mass is 10.1. The van der Waals surface area contributed by atoms with Crippen LogP contribution in [-0.4, -0.2) is 67.4 Å². The third-order valence-corrected chi connectivity index (χ3v) is 6.38. The number of carbonyl (C=O) groups excluding carboxylic acids is 5. The van der Waals surface area contributed by atoms with Crippen molar-refractivity contribution in [2.45, 2.75) is 32.7 Å². The summed E-state index contributed by atoms with van der Waals surface area (Å²) < 4.78 is 15.3. The molecule has 0 saturated carbocycles. The zero-order valence-electron chi connectivity index (χ0n) is 19.0. The molecule has 182 valence electrons. The first-order chi connectivity index (χ1) is 16.3. The van der Waals surface area contributed by atoms with Crippen LogP contribution in [-0.2, 0) is 19.1 Å². The van der Waals surface area contributed by atoms with Crippen LogP contribution < -0.4 is 10.6 Å². The summed E-state index contributed by atoms with van der Waals surface area (Å²) in [5.74, 6) is -2.83. The van der Waals surface area contributed by atoms with E-state index in [1.54, 1.807) is 19.9 Å². The van der Waals surface area contributed by atoms with Gasteiger partial charge in [-0.2, -0.15) is 0 Å². The Hall–Kier alpha value is -3.67. The van der Waals surface area contributed by atoms with E-state index in [9.17, 15) is 24.0 Å². The van der Waals surface area contributed by atoms with E-state index >= 15 is 0 Å². The fourth-order valence-corrected chi connectivity index (χ4v) is 4.73. The number of anilines is 1. The summed E-state index contributed by atoms with van der Waals surface area (Å²) in [5, 5.41) is 5.12. The van der Waals surface area contributed by atoms with Gasteiger partial charge in [-0.1, -0.05) is 0 Å². The van der Waals surface area contributed by atoms with Crippen LogP contribution in [0.1, 0.15) is 55.9 Å². The Kier molecular flexibility index (Phi) is 8.05. The van der Waals surface area contributed by atoms with Crippen LogP contribution in [0.3, 0.4) is 0 Å². The topological polar surface area (TPSA) is 144 Å². The molecule has 1 fully saturated rings. The molecule has 0 spiro atoms. The molecular formula is C22H25N3O8S. The Balaban J connectivity index is 1.66. The van der Waals surface area contributed by atoms with E-state index in [1.165, 1.54) is 24.3 Å². The number of nitrogens with zero attached hydrogens (tertiary/aromatic N) is 1. The Labute approximate surface area is 199 Å². The van der Waals surface area contributed by atoms with E-state index < -0.39 is 42.3 Å². The number of furan rings is 1. The molecule has 1 atom stereocenters. The zero-order valence-corrected chi connectivity index (χ0v) is 19.8. The third-order valence-electron chi connectivity index (χ3n) is 5.18. The number of ether oxygens (including phenoxy) is 2. The van der Waals surface area contributed by atoms with Crippen molar-refractivity contribution in [1.82, 2.24) is 10.2 Å². The monoisotopic (exact) mass is 491 g/mol. The fraction of sp³-hybridized carbons (Fsp3) is 0.409. The highest BCUT2D eigenvalue weighted by molar-refractivity contribution is 7.18. The van der Waals surface area contributed by atoms with Crippen LogP contribution in [0.5, 0.6) is 0 Å². The SMILES string of the molecule is CCOC(=O)c1c(NC(=O)COC(=O)[C@@H]2CCCN2C(=O)c2ccco2)sc(C(=O)NC)c1C. The second kappa shape index (κ2) is 11.0. The minimum Gasteiger partial charge on any atom is -0.462 e. The van der Waals surface area contributed by atoms with Gasteiger partial charge in [-0.3, -0.25) is 14.4 Å². The van der Waals surface area contributed by atoms with E-state index in [4.69, 9.17) is 13.9 Å². The predicted molar refractivity (Wildman–Crippen MR) is 121 cm³/mol. The van der Waals surface area contributed by atoms with Gasteiger partial charge < -0.3 is 29.4 Å². The highest BCUT2D eigenvalue weighted by Crippen LogP contribution is 2.33. The minimum atomic E-state index is -0.829. The molecule has 2 N–H and O–H groups in total. The van der Waals surface area contributed by atoms with Gasteiger partial charge in [-0.05, 0) is 44.4 Å². The Morgan fingerprint density at radius 3 is 2.65 bits per heavy atom. The van der Waals surface area contributed by atoms with Crippen molar-refractivity contribution in [2.75, 3.05) is 32.1 Å². The van der Waals surface area contributed by atoms with Crippen molar-refractivity contribution in [1.29, 1.82) is 0 Å². The largest absolute Gasteiger partial charge is 0.462 e. The number of thiophene rings is 1. The summed E-state index contributed by atoms with van der Waals surface area (Å²) in [6.45, 7) is 3.06. The number of nitrogens with one attached hydrogen (secondary N) is 2. The van der Waals surface area contributed by atoms with E-state index in [0.717, 1.165) is 11.3 Å². The van der Waals surface area contributed by atoms with Crippen LogP contribution in [0.15, 0.2) is 22.8 Å². The predicted octanol–water partition coefficient (Wildman–Crippen LogP) is 1.97. The van der Waals surface area contributed by atoms with E-state index in [2.05, 4.69) is 10.6 Å². The number of likely N-dealkylation sites (tertiary alicyclic amines) is 1. The smallest absolute Gasteiger partial charge is 0.341 e. The highest BCUT2D eigenvalue weighted by Gasteiger charge is 2.37. The van der Waals surface area contributed by atoms with Gasteiger partial charge in [-0.15, -0.1) is 11.3 Å². The molecular weight excluding hydrogens is 466 g/mol. The van der Waals surface area contributed by atoms with Crippen molar-refractivity contribution in [3.8, 4) is 0 Å². The van der Waals surface area contributed by atoms with E-state index in [1.807, 2.05) is 0 Å². The second-order valence-electron chi connectivity index (χ2n) is 7.35. The Bertz CT molecular complexity index is 1090. The molecule has 11 nitrogen and oxygen atoms in total. The molecule has 2 aromatic heterocycles. The third kappa shape index (κ3) is 5.28. The summed E-state index contributed by atoms with van der Waals surface area (Å²) in [6, 6.07) is 2.26. The first-order valence-electron chi connectivity index (χ1n) is 10.6. The maximum atomic E-state index is 12.6. The highest BCUT2D eigenvalue weighted by atomic mass is 32.1. The van der Waals surface area contributed by atoms with Crippen LogP contribution in [0, 0.1) is 6.92 Å². The van der Waals surface area contributed by atoms with E-state index in [0.29, 0.717) is 24.9 Å². The van der Waals surface area contributed by atoms with Crippen LogP contribution >= 0.6 is 11.3 Å². The summed E-state index contributed by atoms with van der Waals surface area (Å²) in [6.07, 6.45) is 2.38. The Morgan fingerprint density at radius 2 is 2.00 bits per heavy atom. The van der Waals surface area contributed by atoms with Crippen molar-refractivity contribution < 1.29 is 37.9 Å². The second-order valence-corrected chi connectivity index (χ2v) is 8.37. The quantitative estimate of drug-likeness (QED) is 0.534. The van der Waals surface area contributed by atoms with Crippen molar-refractivity contribution in [3.63, 3.8) is 0 Å². The standard InChI is InChI=1S/C22H25N3O8S/c1-4-31-22(30)16-12(2)17(18(27)23-3)34-19(16)24-15(26)11-33-21(29)13-7-5-9-25(13)20(28)14-8-6-10-32-14/h6,8,10,13H,4-5,7,9,11H2,1-3H3,(H,23,27)(H,24,26)/t13-/m0/s1. The zero-order chi connectivity index (χ0) is 24.8. The number of rotatable bonds is 8. The van der Waals surface area contributed by atoms with Gasteiger partial charge in [0, 0.05) is 13.6 Å². The van der Waals surface area contributed by atoms with Crippen LogP contribution in [0.2, 0.25) is 0 Å². The van der Waals surface area contributed by atoms with Gasteiger partial charge in [0.05, 0.1) is 23.3 Å². The molecule has 1 aliphatic heterocycles. The van der Waals surface area contributed by atoms with E-state index in [-0.39, 0.29) is 27.8 Å². The summed E-state index contributed by atoms with van der Waals surface area (Å²) in [5.41, 5.74) is 0.435. The molecule has 3 heterocycles. The number of carbonyl (C=O) groups is 5. The molecule has 34 heavy (non-hydrogen) atoms. The van der Waals surface area contributed by atoms with Gasteiger partial charge in [0.25, 0.3) is 17.7 Å². The van der Waals surface area contributed by atoms with Crippen LogP contribution in [0.25, 0.3) is 0 Å². The number of esters is 2. The normalized spacial score (nSPS) is 15.0. The fourth-order valence-electron chi connectivity index (χ4n) is 3.57. The number of hydrogen-bond donors (Lipinski definition) is 2. The first-order valence-corrected chi connectivity index (χ1v) is 11.4. The number of amides is 3. The lowest BCUT2D eigenvalue weighted by molar-refractivity contribution is -0.151. The van der Waals surface area contributed by atoms with Crippen molar-refractivity contribution >= 4 is 46.0 Å². The van der Waals surface area contributed by atoms with Crippen molar-refractivity contribution in [2.24, 2.45) is 0 Å². The van der Waals surface area contributed by atoms with Gasteiger partial charge >= 0.3 is 11.9 Å². The maximum absolute atomic E-state index is 12.6. The molecule has 3 amide bonds. The average molecular weight is 492 g/mol. The van der Waals surface area contributed by atoms with Gasteiger partial charge in [0.15, 0.2) is 12.4 Å². The Morgan fingerprint density at radius 1 is 1.24 bits per heavy atom. The first kappa shape index (κ1) is 25.0. The summed E-state index contributed by atoms with van der Waals surface area (Å²) in [7, 11) is 1.45. The molecule has 0 bridgehead atoms. The van der Waals surface area contributed by atoms with Crippen molar-refractivity contribution in [3.05, 3.63) is 40.2 Å². The average Bonchev–Trinajstić information content (AvgIpc) is 3.57. The molecule has 0 aliphatic carbocycles. The summed E-state index contributed by atoms with van der Waals surface area (Å²) >= 11 is 0.915. The summed E-state index contributed by atoms with van der Waals surface area (Å²) in [4.78, 5) is 63.7. The molecule has 2 aromatic rings. The lowest BCUT2D eigenvalue weighted by Gasteiger charge is -2.22. The number of hydrogen-bond acceptors (Lipinski definition) is 9. The molecule has 12 heteroatoms. The lowest BCUT2D eigenvalue weighted by Crippen LogP contribution is -2.42. The molecule has 1 saturated heterocycles. The molecule has 3 rings (SSSR count). The van der Waals surface area contributed by atoms with Gasteiger partial charge in [-0.25, -0.2) is 9.59 Å².